The number of amides is 1. The van der Waals surface area contributed by atoms with Crippen LogP contribution >= 0.6 is 15.9 Å². The molecule has 19 heavy (non-hydrogen) atoms. The maximum absolute atomic E-state index is 11.7. The molecule has 0 saturated carbocycles. The summed E-state index contributed by atoms with van der Waals surface area (Å²) in [7, 11) is 0. The van der Waals surface area contributed by atoms with E-state index in [1.165, 1.54) is 0 Å². The highest BCUT2D eigenvalue weighted by Crippen LogP contribution is 2.24. The highest BCUT2D eigenvalue weighted by atomic mass is 79.9. The number of para-hydroxylation sites is 2. The molecule has 0 aliphatic heterocycles. The van der Waals surface area contributed by atoms with Gasteiger partial charge in [0.25, 0.3) is 0 Å². The van der Waals surface area contributed by atoms with Crippen LogP contribution in [-0.4, -0.2) is 23.6 Å². The molecule has 5 heteroatoms. The van der Waals surface area contributed by atoms with Crippen molar-refractivity contribution in [2.24, 2.45) is 0 Å². The fourth-order valence-corrected chi connectivity index (χ4v) is 1.64. The summed E-state index contributed by atoms with van der Waals surface area (Å²) in [5.74, 6) is 0.161. The second-order valence-corrected chi connectivity index (χ2v) is 4.66. The summed E-state index contributed by atoms with van der Waals surface area (Å²) in [5, 5.41) is 2.89. The average Bonchev–Trinajstić information content (AvgIpc) is 2.40. The van der Waals surface area contributed by atoms with Crippen molar-refractivity contribution in [3.63, 3.8) is 0 Å². The van der Waals surface area contributed by atoms with Crippen molar-refractivity contribution in [1.82, 2.24) is 0 Å². The van der Waals surface area contributed by atoms with Crippen molar-refractivity contribution in [2.45, 2.75) is 26.2 Å². The van der Waals surface area contributed by atoms with E-state index < -0.39 is 0 Å². The first-order valence-electron chi connectivity index (χ1n) is 6.26. The van der Waals surface area contributed by atoms with Crippen LogP contribution in [0.15, 0.2) is 24.3 Å². The number of carbonyl (C=O) groups is 2. The molecule has 1 N–H and O–H groups in total. The van der Waals surface area contributed by atoms with E-state index >= 15 is 0 Å². The maximum atomic E-state index is 11.7. The summed E-state index contributed by atoms with van der Waals surface area (Å²) in [6.45, 7) is 2.70. The first-order valence-corrected chi connectivity index (χ1v) is 7.38. The molecular weight excluding hydrogens is 310 g/mol. The molecule has 1 amide bonds. The van der Waals surface area contributed by atoms with Gasteiger partial charge in [-0.2, -0.15) is 0 Å². The number of halogens is 1. The van der Waals surface area contributed by atoms with Gasteiger partial charge in [0.2, 0.25) is 5.91 Å². The Kier molecular flexibility index (Phi) is 7.18. The first kappa shape index (κ1) is 15.7. The van der Waals surface area contributed by atoms with Crippen molar-refractivity contribution in [3.05, 3.63) is 24.3 Å². The Morgan fingerprint density at radius 1 is 1.32 bits per heavy atom. The van der Waals surface area contributed by atoms with Gasteiger partial charge < -0.3 is 10.1 Å². The van der Waals surface area contributed by atoms with Gasteiger partial charge in [-0.25, -0.2) is 0 Å². The van der Waals surface area contributed by atoms with Crippen LogP contribution in [0.25, 0.3) is 0 Å². The number of benzene rings is 1. The SMILES string of the molecule is CCCCOc1ccccc1NC(=O)CC(=O)CBr. The maximum Gasteiger partial charge on any atom is 0.231 e. The Morgan fingerprint density at radius 3 is 2.74 bits per heavy atom. The van der Waals surface area contributed by atoms with Gasteiger partial charge in [-0.3, -0.25) is 9.59 Å². The molecule has 104 valence electrons. The second-order valence-electron chi connectivity index (χ2n) is 4.10. The van der Waals surface area contributed by atoms with Gasteiger partial charge in [0.15, 0.2) is 5.78 Å². The van der Waals surface area contributed by atoms with Crippen LogP contribution in [0.3, 0.4) is 0 Å². The molecule has 0 radical (unpaired) electrons. The molecule has 0 fully saturated rings. The minimum absolute atomic E-state index is 0.130. The summed E-state index contributed by atoms with van der Waals surface area (Å²) in [6, 6.07) is 7.23. The minimum atomic E-state index is -0.323. The zero-order chi connectivity index (χ0) is 14.1. The van der Waals surface area contributed by atoms with Crippen LogP contribution in [0, 0.1) is 0 Å². The van der Waals surface area contributed by atoms with E-state index in [1.54, 1.807) is 12.1 Å². The van der Waals surface area contributed by atoms with Crippen molar-refractivity contribution >= 4 is 33.3 Å². The van der Waals surface area contributed by atoms with E-state index in [9.17, 15) is 9.59 Å². The Hall–Kier alpha value is -1.36. The van der Waals surface area contributed by atoms with E-state index in [0.29, 0.717) is 18.0 Å². The van der Waals surface area contributed by atoms with Crippen LogP contribution in [0.1, 0.15) is 26.2 Å². The van der Waals surface area contributed by atoms with E-state index in [1.807, 2.05) is 12.1 Å². The van der Waals surface area contributed by atoms with Gasteiger partial charge in [-0.05, 0) is 18.6 Å². The third kappa shape index (κ3) is 5.87. The second kappa shape index (κ2) is 8.69. The molecule has 0 aliphatic carbocycles. The lowest BCUT2D eigenvalue weighted by atomic mass is 10.2. The number of hydrogen-bond donors (Lipinski definition) is 1. The standard InChI is InChI=1S/C14H18BrNO3/c1-2-3-8-19-13-7-5-4-6-12(13)16-14(18)9-11(17)10-15/h4-7H,2-3,8-10H2,1H3,(H,16,18). The fourth-order valence-electron chi connectivity index (χ4n) is 1.44. The number of nitrogens with one attached hydrogen (secondary N) is 1. The van der Waals surface area contributed by atoms with E-state index in [0.717, 1.165) is 12.8 Å². The number of ether oxygens (including phenoxy) is 1. The van der Waals surface area contributed by atoms with Gasteiger partial charge >= 0.3 is 0 Å². The number of Topliss-reactive ketones (excluding diaryl/α,β-unsaturated/α-hetero) is 1. The lowest BCUT2D eigenvalue weighted by Crippen LogP contribution is -2.17. The van der Waals surface area contributed by atoms with Gasteiger partial charge in [0.05, 0.1) is 24.0 Å². The molecule has 4 nitrogen and oxygen atoms in total. The molecule has 0 aliphatic rings. The Bertz CT molecular complexity index is 434. The smallest absolute Gasteiger partial charge is 0.231 e. The number of anilines is 1. The predicted molar refractivity (Wildman–Crippen MR) is 78.9 cm³/mol. The lowest BCUT2D eigenvalue weighted by Gasteiger charge is -2.11. The molecule has 0 aromatic heterocycles. The van der Waals surface area contributed by atoms with E-state index in [-0.39, 0.29) is 23.4 Å². The number of alkyl halides is 1. The van der Waals surface area contributed by atoms with Crippen LogP contribution in [0.2, 0.25) is 0 Å². The summed E-state index contributed by atoms with van der Waals surface area (Å²) >= 11 is 3.03. The van der Waals surface area contributed by atoms with Crippen molar-refractivity contribution in [2.75, 3.05) is 17.3 Å². The monoisotopic (exact) mass is 327 g/mol. The largest absolute Gasteiger partial charge is 0.491 e. The van der Waals surface area contributed by atoms with Crippen LogP contribution in [-0.2, 0) is 9.59 Å². The molecule has 0 atom stereocenters. The quantitative estimate of drug-likeness (QED) is 0.453. The molecule has 0 bridgehead atoms. The Labute approximate surface area is 121 Å². The average molecular weight is 328 g/mol. The van der Waals surface area contributed by atoms with Gasteiger partial charge in [0.1, 0.15) is 5.75 Å². The molecule has 0 saturated heterocycles. The number of hydrogen-bond acceptors (Lipinski definition) is 3. The summed E-state index contributed by atoms with van der Waals surface area (Å²) in [4.78, 5) is 22.8. The number of ketones is 1. The summed E-state index contributed by atoms with van der Waals surface area (Å²) in [6.07, 6.45) is 1.88. The molecule has 0 unspecified atom stereocenters. The molecule has 0 spiro atoms. The van der Waals surface area contributed by atoms with Crippen LogP contribution < -0.4 is 10.1 Å². The topological polar surface area (TPSA) is 55.4 Å². The molecule has 1 rings (SSSR count). The van der Waals surface area contributed by atoms with Crippen molar-refractivity contribution in [1.29, 1.82) is 0 Å². The Balaban J connectivity index is 2.61. The first-order chi connectivity index (χ1) is 9.17. The molecule has 1 aromatic rings. The third-order valence-corrected chi connectivity index (χ3v) is 3.05. The van der Waals surface area contributed by atoms with Gasteiger partial charge in [-0.1, -0.05) is 41.4 Å². The number of carbonyl (C=O) groups excluding carboxylic acids is 2. The van der Waals surface area contributed by atoms with E-state index in [4.69, 9.17) is 4.74 Å². The normalized spacial score (nSPS) is 10.0. The predicted octanol–water partition coefficient (Wildman–Crippen LogP) is 3.16. The molecular formula is C14H18BrNO3. The molecule has 1 aromatic carbocycles. The highest BCUT2D eigenvalue weighted by molar-refractivity contribution is 9.09. The third-order valence-electron chi connectivity index (χ3n) is 2.42. The van der Waals surface area contributed by atoms with Crippen molar-refractivity contribution in [3.8, 4) is 5.75 Å². The van der Waals surface area contributed by atoms with Gasteiger partial charge in [-0.15, -0.1) is 0 Å². The summed E-state index contributed by atoms with van der Waals surface area (Å²) in [5.41, 5.74) is 0.603. The summed E-state index contributed by atoms with van der Waals surface area (Å²) < 4.78 is 5.60. The number of rotatable bonds is 8. The molecule has 0 heterocycles. The zero-order valence-electron chi connectivity index (χ0n) is 10.9. The minimum Gasteiger partial charge on any atom is -0.491 e. The zero-order valence-corrected chi connectivity index (χ0v) is 12.5. The van der Waals surface area contributed by atoms with E-state index in [2.05, 4.69) is 28.2 Å². The van der Waals surface area contributed by atoms with Crippen molar-refractivity contribution < 1.29 is 14.3 Å². The fraction of sp³-hybridized carbons (Fsp3) is 0.429. The van der Waals surface area contributed by atoms with Crippen LogP contribution in [0.4, 0.5) is 5.69 Å². The lowest BCUT2D eigenvalue weighted by molar-refractivity contribution is -0.123. The van der Waals surface area contributed by atoms with Gasteiger partial charge in [0, 0.05) is 0 Å². The van der Waals surface area contributed by atoms with Crippen LogP contribution in [0.5, 0.6) is 5.75 Å². The Morgan fingerprint density at radius 2 is 2.05 bits per heavy atom. The number of unbranched alkanes of at least 4 members (excludes halogenated alkanes) is 1. The highest BCUT2D eigenvalue weighted by Gasteiger charge is 2.11.